The van der Waals surface area contributed by atoms with E-state index in [1.54, 1.807) is 0 Å². The van der Waals surface area contributed by atoms with Gasteiger partial charge in [-0.2, -0.15) is 0 Å². The average Bonchev–Trinajstić information content (AvgIpc) is 2.20. The number of hydrogen-bond acceptors (Lipinski definition) is 3. The molecule has 0 aliphatic rings. The zero-order valence-corrected chi connectivity index (χ0v) is 11.8. The first-order valence-corrected chi connectivity index (χ1v) is 6.15. The van der Waals surface area contributed by atoms with Gasteiger partial charge in [0.05, 0.1) is 0 Å². The molecule has 0 aromatic heterocycles. The van der Waals surface area contributed by atoms with Crippen molar-refractivity contribution in [3.05, 3.63) is 28.2 Å². The molecule has 0 saturated carbocycles. The maximum absolute atomic E-state index is 5.78. The molecule has 0 radical (unpaired) electrons. The summed E-state index contributed by atoms with van der Waals surface area (Å²) < 4.78 is 1.12. The number of nitrogen functional groups attached to an aromatic ring is 1. The van der Waals surface area contributed by atoms with Crippen LogP contribution in [-0.2, 0) is 6.54 Å². The van der Waals surface area contributed by atoms with Gasteiger partial charge in [-0.25, -0.2) is 0 Å². The Kier molecular flexibility index (Phi) is 5.25. The standard InChI is InChI=1S/C12H20BrN3/c1-15(2)6-7-16(3)9-10-8-11(14)4-5-12(10)13/h4-5,8H,6-7,9,14H2,1-3H3. The molecule has 0 aliphatic heterocycles. The number of anilines is 1. The first-order valence-electron chi connectivity index (χ1n) is 5.36. The molecular formula is C12H20BrN3. The van der Waals surface area contributed by atoms with Gasteiger partial charge in [-0.3, -0.25) is 0 Å². The predicted octanol–water partition coefficient (Wildman–Crippen LogP) is 2.02. The highest BCUT2D eigenvalue weighted by Gasteiger charge is 2.05. The van der Waals surface area contributed by atoms with Crippen LogP contribution in [0.4, 0.5) is 5.69 Å². The smallest absolute Gasteiger partial charge is 0.0318 e. The van der Waals surface area contributed by atoms with Crippen LogP contribution >= 0.6 is 15.9 Å². The summed E-state index contributed by atoms with van der Waals surface area (Å²) in [5.74, 6) is 0. The van der Waals surface area contributed by atoms with Crippen LogP contribution < -0.4 is 5.73 Å². The minimum atomic E-state index is 0.819. The van der Waals surface area contributed by atoms with Crippen LogP contribution in [0, 0.1) is 0 Å². The fourth-order valence-corrected chi connectivity index (χ4v) is 1.83. The molecule has 0 amide bonds. The number of nitrogens with zero attached hydrogens (tertiary/aromatic N) is 2. The highest BCUT2D eigenvalue weighted by atomic mass is 79.9. The molecule has 1 aromatic rings. The molecule has 0 bridgehead atoms. The van der Waals surface area contributed by atoms with Gasteiger partial charge in [-0.1, -0.05) is 15.9 Å². The van der Waals surface area contributed by atoms with Crippen LogP contribution in [-0.4, -0.2) is 44.0 Å². The van der Waals surface area contributed by atoms with Gasteiger partial charge in [0.2, 0.25) is 0 Å². The number of benzene rings is 1. The second kappa shape index (κ2) is 6.23. The average molecular weight is 286 g/mol. The maximum atomic E-state index is 5.78. The summed E-state index contributed by atoms with van der Waals surface area (Å²) >= 11 is 3.55. The van der Waals surface area contributed by atoms with E-state index in [0.29, 0.717) is 0 Å². The number of hydrogen-bond donors (Lipinski definition) is 1. The Bertz CT molecular complexity index is 339. The highest BCUT2D eigenvalue weighted by Crippen LogP contribution is 2.20. The monoisotopic (exact) mass is 285 g/mol. The minimum absolute atomic E-state index is 0.819. The van der Waals surface area contributed by atoms with E-state index in [-0.39, 0.29) is 0 Å². The molecule has 0 spiro atoms. The number of likely N-dealkylation sites (N-methyl/N-ethyl adjacent to an activating group) is 2. The van der Waals surface area contributed by atoms with E-state index in [0.717, 1.165) is 29.8 Å². The molecule has 4 heteroatoms. The first-order chi connectivity index (χ1) is 7.49. The van der Waals surface area contributed by atoms with Crippen molar-refractivity contribution >= 4 is 21.6 Å². The third-order valence-electron chi connectivity index (χ3n) is 2.44. The third-order valence-corrected chi connectivity index (χ3v) is 3.21. The van der Waals surface area contributed by atoms with Gasteiger partial charge in [-0.15, -0.1) is 0 Å². The van der Waals surface area contributed by atoms with E-state index in [9.17, 15) is 0 Å². The van der Waals surface area contributed by atoms with Crippen molar-refractivity contribution in [2.24, 2.45) is 0 Å². The lowest BCUT2D eigenvalue weighted by molar-refractivity contribution is 0.276. The zero-order chi connectivity index (χ0) is 12.1. The number of halogens is 1. The summed E-state index contributed by atoms with van der Waals surface area (Å²) in [6.45, 7) is 3.03. The molecule has 0 aliphatic carbocycles. The topological polar surface area (TPSA) is 32.5 Å². The van der Waals surface area contributed by atoms with Crippen LogP contribution in [0.1, 0.15) is 5.56 Å². The lowest BCUT2D eigenvalue weighted by atomic mass is 10.2. The number of rotatable bonds is 5. The summed E-state index contributed by atoms with van der Waals surface area (Å²) in [6.07, 6.45) is 0. The molecule has 0 heterocycles. The molecule has 0 unspecified atom stereocenters. The molecule has 3 nitrogen and oxygen atoms in total. The molecule has 90 valence electrons. The van der Waals surface area contributed by atoms with E-state index >= 15 is 0 Å². The summed E-state index contributed by atoms with van der Waals surface area (Å²) in [5.41, 5.74) is 7.83. The summed E-state index contributed by atoms with van der Waals surface area (Å²) in [5, 5.41) is 0. The Balaban J connectivity index is 2.55. The van der Waals surface area contributed by atoms with Crippen LogP contribution in [0.25, 0.3) is 0 Å². The number of nitrogens with two attached hydrogens (primary N) is 1. The lowest BCUT2D eigenvalue weighted by Crippen LogP contribution is -2.28. The van der Waals surface area contributed by atoms with Crippen molar-refractivity contribution in [1.82, 2.24) is 9.80 Å². The normalized spacial score (nSPS) is 11.4. The lowest BCUT2D eigenvalue weighted by Gasteiger charge is -2.20. The van der Waals surface area contributed by atoms with E-state index < -0.39 is 0 Å². The molecule has 0 saturated heterocycles. The van der Waals surface area contributed by atoms with Gasteiger partial charge in [-0.05, 0) is 44.9 Å². The summed E-state index contributed by atoms with van der Waals surface area (Å²) in [4.78, 5) is 4.48. The summed E-state index contributed by atoms with van der Waals surface area (Å²) in [7, 11) is 6.30. The van der Waals surface area contributed by atoms with Gasteiger partial charge < -0.3 is 15.5 Å². The van der Waals surface area contributed by atoms with Gasteiger partial charge in [0.1, 0.15) is 0 Å². The van der Waals surface area contributed by atoms with E-state index in [4.69, 9.17) is 5.73 Å². The predicted molar refractivity (Wildman–Crippen MR) is 73.4 cm³/mol. The SMILES string of the molecule is CN(C)CCN(C)Cc1cc(N)ccc1Br. The fraction of sp³-hybridized carbons (Fsp3) is 0.500. The van der Waals surface area contributed by atoms with E-state index in [1.165, 1.54) is 5.56 Å². The van der Waals surface area contributed by atoms with Crippen molar-refractivity contribution in [1.29, 1.82) is 0 Å². The Morgan fingerprint density at radius 2 is 1.88 bits per heavy atom. The van der Waals surface area contributed by atoms with Crippen LogP contribution in [0.15, 0.2) is 22.7 Å². The minimum Gasteiger partial charge on any atom is -0.399 e. The molecule has 1 aromatic carbocycles. The molecule has 0 atom stereocenters. The Hall–Kier alpha value is -0.580. The van der Waals surface area contributed by atoms with Crippen LogP contribution in [0.5, 0.6) is 0 Å². The maximum Gasteiger partial charge on any atom is 0.0318 e. The Morgan fingerprint density at radius 1 is 1.19 bits per heavy atom. The highest BCUT2D eigenvalue weighted by molar-refractivity contribution is 9.10. The summed E-state index contributed by atoms with van der Waals surface area (Å²) in [6, 6.07) is 5.94. The Morgan fingerprint density at radius 3 is 2.50 bits per heavy atom. The zero-order valence-electron chi connectivity index (χ0n) is 10.2. The molecule has 16 heavy (non-hydrogen) atoms. The molecule has 1 rings (SSSR count). The van der Waals surface area contributed by atoms with Crippen molar-refractivity contribution in [2.75, 3.05) is 40.0 Å². The van der Waals surface area contributed by atoms with Gasteiger partial charge in [0.15, 0.2) is 0 Å². The quantitative estimate of drug-likeness (QED) is 0.841. The van der Waals surface area contributed by atoms with Crippen molar-refractivity contribution in [2.45, 2.75) is 6.54 Å². The van der Waals surface area contributed by atoms with E-state index in [1.807, 2.05) is 18.2 Å². The van der Waals surface area contributed by atoms with Crippen molar-refractivity contribution in [3.63, 3.8) is 0 Å². The van der Waals surface area contributed by atoms with E-state index in [2.05, 4.69) is 46.9 Å². The van der Waals surface area contributed by atoms with Crippen LogP contribution in [0.2, 0.25) is 0 Å². The van der Waals surface area contributed by atoms with Gasteiger partial charge in [0.25, 0.3) is 0 Å². The van der Waals surface area contributed by atoms with Gasteiger partial charge >= 0.3 is 0 Å². The largest absolute Gasteiger partial charge is 0.399 e. The second-order valence-electron chi connectivity index (χ2n) is 4.39. The van der Waals surface area contributed by atoms with Gasteiger partial charge in [0, 0.05) is 29.8 Å². The van der Waals surface area contributed by atoms with Crippen molar-refractivity contribution < 1.29 is 0 Å². The molecule has 0 fully saturated rings. The van der Waals surface area contributed by atoms with Crippen molar-refractivity contribution in [3.8, 4) is 0 Å². The fourth-order valence-electron chi connectivity index (χ4n) is 1.46. The Labute approximate surface area is 106 Å². The molecular weight excluding hydrogens is 266 g/mol. The molecule has 2 N–H and O–H groups in total. The first kappa shape index (κ1) is 13.5. The van der Waals surface area contributed by atoms with Crippen LogP contribution in [0.3, 0.4) is 0 Å². The second-order valence-corrected chi connectivity index (χ2v) is 5.25. The third kappa shape index (κ3) is 4.51.